The molecule has 0 fully saturated rings. The van der Waals surface area contributed by atoms with Crippen LogP contribution in [0.5, 0.6) is 0 Å². The van der Waals surface area contributed by atoms with Gasteiger partial charge in [-0.2, -0.15) is 0 Å². The number of carbonyl (C=O) groups excluding carboxylic acids is 1. The molecule has 1 unspecified atom stereocenters. The van der Waals surface area contributed by atoms with Crippen molar-refractivity contribution in [2.45, 2.75) is 60.0 Å². The zero-order valence-electron chi connectivity index (χ0n) is 19.1. The zero-order valence-corrected chi connectivity index (χ0v) is 19.1. The first kappa shape index (κ1) is 25.4. The van der Waals surface area contributed by atoms with Crippen LogP contribution >= 0.6 is 0 Å². The van der Waals surface area contributed by atoms with Gasteiger partial charge in [0.05, 0.1) is 0 Å². The minimum Gasteiger partial charge on any atom is -0.478 e. The molecule has 0 aromatic rings. The van der Waals surface area contributed by atoms with Crippen molar-refractivity contribution < 1.29 is 9.53 Å². The van der Waals surface area contributed by atoms with Crippen LogP contribution in [0.25, 0.3) is 0 Å². The number of carbonyl (C=O) groups is 1. The van der Waals surface area contributed by atoms with Crippen LogP contribution in [0.15, 0.2) is 36.1 Å². The normalized spacial score (nSPS) is 14.5. The molecule has 0 aromatic heterocycles. The summed E-state index contributed by atoms with van der Waals surface area (Å²) >= 11 is 0. The van der Waals surface area contributed by atoms with Gasteiger partial charge in [0.15, 0.2) is 5.60 Å². The molecular formula is C23H42N2O2. The van der Waals surface area contributed by atoms with Gasteiger partial charge in [0.1, 0.15) is 5.76 Å². The van der Waals surface area contributed by atoms with Crippen molar-refractivity contribution in [1.29, 1.82) is 0 Å². The number of allylic oxidation sites excluding steroid dienone is 4. The maximum atomic E-state index is 12.8. The van der Waals surface area contributed by atoms with Crippen LogP contribution in [-0.4, -0.2) is 55.5 Å². The molecule has 0 heterocycles. The Kier molecular flexibility index (Phi) is 11.3. The molecule has 0 saturated heterocycles. The van der Waals surface area contributed by atoms with Crippen molar-refractivity contribution in [1.82, 2.24) is 9.80 Å². The molecule has 0 aliphatic carbocycles. The first-order valence-corrected chi connectivity index (χ1v) is 10.1. The Morgan fingerprint density at radius 3 is 2.15 bits per heavy atom. The van der Waals surface area contributed by atoms with E-state index in [2.05, 4.69) is 45.2 Å². The molecule has 0 saturated carbocycles. The zero-order chi connectivity index (χ0) is 21.2. The summed E-state index contributed by atoms with van der Waals surface area (Å²) in [4.78, 5) is 16.6. The van der Waals surface area contributed by atoms with E-state index >= 15 is 0 Å². The molecule has 156 valence electrons. The maximum Gasteiger partial charge on any atom is 0.265 e. The molecule has 0 aromatic carbocycles. The molecule has 0 radical (unpaired) electrons. The first-order valence-electron chi connectivity index (χ1n) is 10.1. The Morgan fingerprint density at radius 2 is 1.70 bits per heavy atom. The number of likely N-dealkylation sites (N-methyl/N-ethyl adjacent to an activating group) is 2. The lowest BCUT2D eigenvalue weighted by Gasteiger charge is -2.31. The average Bonchev–Trinajstić information content (AvgIpc) is 2.57. The van der Waals surface area contributed by atoms with Crippen LogP contribution in [-0.2, 0) is 9.53 Å². The van der Waals surface area contributed by atoms with Crippen LogP contribution in [0.2, 0.25) is 0 Å². The summed E-state index contributed by atoms with van der Waals surface area (Å²) in [5, 5.41) is 0. The number of amides is 1. The van der Waals surface area contributed by atoms with Gasteiger partial charge in [-0.25, -0.2) is 0 Å². The van der Waals surface area contributed by atoms with Crippen LogP contribution < -0.4 is 0 Å². The fourth-order valence-electron chi connectivity index (χ4n) is 3.10. The Hall–Kier alpha value is -1.55. The van der Waals surface area contributed by atoms with E-state index in [1.165, 1.54) is 18.4 Å². The number of nitrogens with zero attached hydrogens (tertiary/aromatic N) is 2. The third-order valence-corrected chi connectivity index (χ3v) is 4.72. The summed E-state index contributed by atoms with van der Waals surface area (Å²) in [6, 6.07) is 0. The van der Waals surface area contributed by atoms with Crippen molar-refractivity contribution in [2.75, 3.05) is 34.2 Å². The predicted molar refractivity (Wildman–Crippen MR) is 117 cm³/mol. The highest BCUT2D eigenvalue weighted by Crippen LogP contribution is 2.25. The van der Waals surface area contributed by atoms with E-state index in [1.54, 1.807) is 11.0 Å². The van der Waals surface area contributed by atoms with Crippen LogP contribution in [0.3, 0.4) is 0 Å². The molecule has 0 aliphatic rings. The predicted octanol–water partition coefficient (Wildman–Crippen LogP) is 4.89. The molecule has 0 rings (SSSR count). The highest BCUT2D eigenvalue weighted by molar-refractivity contribution is 5.84. The van der Waals surface area contributed by atoms with Gasteiger partial charge in [-0.15, -0.1) is 0 Å². The van der Waals surface area contributed by atoms with E-state index in [1.807, 2.05) is 41.1 Å². The van der Waals surface area contributed by atoms with Crippen LogP contribution in [0.1, 0.15) is 54.4 Å². The number of hydrogen-bond acceptors (Lipinski definition) is 3. The second-order valence-electron chi connectivity index (χ2n) is 8.43. The van der Waals surface area contributed by atoms with Crippen molar-refractivity contribution in [3.63, 3.8) is 0 Å². The fraction of sp³-hybridized carbons (Fsp3) is 0.696. The molecule has 4 nitrogen and oxygen atoms in total. The second-order valence-corrected chi connectivity index (χ2v) is 8.43. The smallest absolute Gasteiger partial charge is 0.265 e. The van der Waals surface area contributed by atoms with E-state index in [0.29, 0.717) is 24.1 Å². The molecule has 0 aliphatic heterocycles. The van der Waals surface area contributed by atoms with Crippen molar-refractivity contribution in [3.05, 3.63) is 36.1 Å². The first-order chi connectivity index (χ1) is 12.5. The maximum absolute atomic E-state index is 12.8. The van der Waals surface area contributed by atoms with E-state index < -0.39 is 5.60 Å². The summed E-state index contributed by atoms with van der Waals surface area (Å²) in [6.07, 6.45) is 8.10. The molecule has 0 spiro atoms. The summed E-state index contributed by atoms with van der Waals surface area (Å²) in [5.41, 5.74) is 0.453. The van der Waals surface area contributed by atoms with Gasteiger partial charge in [-0.05, 0) is 58.4 Å². The van der Waals surface area contributed by atoms with Crippen molar-refractivity contribution in [2.24, 2.45) is 11.8 Å². The Labute approximate surface area is 167 Å². The van der Waals surface area contributed by atoms with Gasteiger partial charge in [0, 0.05) is 20.1 Å². The lowest BCUT2D eigenvalue weighted by atomic mass is 9.88. The quantitative estimate of drug-likeness (QED) is 0.358. The lowest BCUT2D eigenvalue weighted by molar-refractivity contribution is -0.148. The standard InChI is InChI=1S/C23H42N2O2/c1-11-13-19(5)21(18(3)4)15-14-20(12-2)27-23(6,7)22(26)25(10)17-16-24(8)9/h12,14-15,18-19H,2,11,13,16-17H2,1,3-10H3/b20-14+,21-15+. The van der Waals surface area contributed by atoms with Gasteiger partial charge in [0.25, 0.3) is 5.91 Å². The third kappa shape index (κ3) is 9.28. The van der Waals surface area contributed by atoms with Crippen LogP contribution in [0.4, 0.5) is 0 Å². The van der Waals surface area contributed by atoms with E-state index in [9.17, 15) is 4.79 Å². The number of ether oxygens (including phenoxy) is 1. The summed E-state index contributed by atoms with van der Waals surface area (Å²) in [6.45, 7) is 17.9. The van der Waals surface area contributed by atoms with Gasteiger partial charge in [-0.1, -0.05) is 52.3 Å². The fourth-order valence-corrected chi connectivity index (χ4v) is 3.10. The average molecular weight is 379 g/mol. The molecule has 27 heavy (non-hydrogen) atoms. The Balaban J connectivity index is 5.30. The van der Waals surface area contributed by atoms with Gasteiger partial charge in [0.2, 0.25) is 0 Å². The molecule has 0 N–H and O–H groups in total. The second kappa shape index (κ2) is 12.0. The highest BCUT2D eigenvalue weighted by atomic mass is 16.5. The number of hydrogen-bond donors (Lipinski definition) is 0. The van der Waals surface area contributed by atoms with Gasteiger partial charge in [-0.3, -0.25) is 4.79 Å². The molecule has 1 amide bonds. The summed E-state index contributed by atoms with van der Waals surface area (Å²) in [5.74, 6) is 1.59. The van der Waals surface area contributed by atoms with Gasteiger partial charge < -0.3 is 14.5 Å². The minimum absolute atomic E-state index is 0.0375. The molecule has 1 atom stereocenters. The SMILES string of the molecule is C=C/C(=C\C=C(/C(C)C)C(C)CCC)OC(C)(C)C(=O)N(C)CCN(C)C. The minimum atomic E-state index is -0.943. The van der Waals surface area contributed by atoms with Crippen molar-refractivity contribution >= 4 is 5.91 Å². The molecule has 0 bridgehead atoms. The Morgan fingerprint density at radius 1 is 1.11 bits per heavy atom. The van der Waals surface area contributed by atoms with Gasteiger partial charge >= 0.3 is 0 Å². The van der Waals surface area contributed by atoms with E-state index in [4.69, 9.17) is 4.74 Å². The lowest BCUT2D eigenvalue weighted by Crippen LogP contribution is -2.46. The van der Waals surface area contributed by atoms with E-state index in [0.717, 1.165) is 6.54 Å². The molecule has 4 heteroatoms. The van der Waals surface area contributed by atoms with Crippen LogP contribution in [0, 0.1) is 11.8 Å². The number of rotatable bonds is 12. The summed E-state index contributed by atoms with van der Waals surface area (Å²) in [7, 11) is 5.81. The largest absolute Gasteiger partial charge is 0.478 e. The monoisotopic (exact) mass is 378 g/mol. The van der Waals surface area contributed by atoms with E-state index in [-0.39, 0.29) is 5.91 Å². The molecular weight excluding hydrogens is 336 g/mol. The van der Waals surface area contributed by atoms with Crippen molar-refractivity contribution in [3.8, 4) is 0 Å². The topological polar surface area (TPSA) is 32.8 Å². The summed E-state index contributed by atoms with van der Waals surface area (Å²) < 4.78 is 6.04. The Bertz CT molecular complexity index is 530. The third-order valence-electron chi connectivity index (χ3n) is 4.72. The highest BCUT2D eigenvalue weighted by Gasteiger charge is 2.32.